The van der Waals surface area contributed by atoms with Crippen molar-refractivity contribution >= 4 is 17.8 Å². The normalized spacial score (nSPS) is 26.3. The molecular formula is C13H23N7. The van der Waals surface area contributed by atoms with Gasteiger partial charge in [-0.2, -0.15) is 15.0 Å². The first-order valence-electron chi connectivity index (χ1n) is 7.31. The van der Waals surface area contributed by atoms with Crippen LogP contribution in [0, 0.1) is 0 Å². The van der Waals surface area contributed by atoms with Crippen molar-refractivity contribution in [1.82, 2.24) is 19.9 Å². The van der Waals surface area contributed by atoms with E-state index in [0.717, 1.165) is 12.5 Å². The number of fused-ring (bicyclic) bond motifs is 1. The Kier molecular flexibility index (Phi) is 3.60. The number of nitrogens with zero attached hydrogens (tertiary/aromatic N) is 5. The van der Waals surface area contributed by atoms with E-state index in [9.17, 15) is 0 Å². The molecule has 20 heavy (non-hydrogen) atoms. The van der Waals surface area contributed by atoms with E-state index >= 15 is 0 Å². The van der Waals surface area contributed by atoms with E-state index in [-0.39, 0.29) is 5.95 Å². The Bertz CT molecular complexity index is 476. The van der Waals surface area contributed by atoms with E-state index < -0.39 is 0 Å². The molecule has 3 rings (SSSR count). The number of piperidine rings is 1. The molecule has 2 saturated heterocycles. The summed E-state index contributed by atoms with van der Waals surface area (Å²) >= 11 is 0. The number of nitrogens with two attached hydrogens (primary N) is 1. The molecule has 2 fully saturated rings. The van der Waals surface area contributed by atoms with Gasteiger partial charge in [0.05, 0.1) is 0 Å². The van der Waals surface area contributed by atoms with Gasteiger partial charge in [-0.1, -0.05) is 0 Å². The van der Waals surface area contributed by atoms with Crippen LogP contribution in [0.3, 0.4) is 0 Å². The molecule has 3 N–H and O–H groups in total. The Labute approximate surface area is 119 Å². The highest BCUT2D eigenvalue weighted by Crippen LogP contribution is 2.28. The number of hydrogen-bond acceptors (Lipinski definition) is 7. The zero-order chi connectivity index (χ0) is 14.1. The van der Waals surface area contributed by atoms with Crippen molar-refractivity contribution in [1.29, 1.82) is 0 Å². The lowest BCUT2D eigenvalue weighted by Crippen LogP contribution is -2.43. The lowest BCUT2D eigenvalue weighted by molar-refractivity contribution is 0.188. The molecule has 3 heterocycles. The molecule has 7 nitrogen and oxygen atoms in total. The molecule has 1 aromatic rings. The lowest BCUT2D eigenvalue weighted by atomic mass is 9.98. The van der Waals surface area contributed by atoms with Gasteiger partial charge in [-0.15, -0.1) is 0 Å². The summed E-state index contributed by atoms with van der Waals surface area (Å²) in [5.41, 5.74) is 5.75. The highest BCUT2D eigenvalue weighted by molar-refractivity contribution is 5.41. The predicted molar refractivity (Wildman–Crippen MR) is 79.8 cm³/mol. The van der Waals surface area contributed by atoms with Crippen LogP contribution in [-0.4, -0.2) is 59.1 Å². The van der Waals surface area contributed by atoms with Gasteiger partial charge < -0.3 is 20.9 Å². The first kappa shape index (κ1) is 13.4. The van der Waals surface area contributed by atoms with E-state index in [1.807, 2.05) is 19.0 Å². The van der Waals surface area contributed by atoms with Crippen molar-refractivity contribution in [3.63, 3.8) is 0 Å². The molecule has 0 radical (unpaired) electrons. The fraction of sp³-hybridized carbons (Fsp3) is 0.769. The van der Waals surface area contributed by atoms with Crippen molar-refractivity contribution in [3.8, 4) is 0 Å². The Hall–Kier alpha value is -1.63. The Morgan fingerprint density at radius 1 is 1.20 bits per heavy atom. The van der Waals surface area contributed by atoms with Gasteiger partial charge in [-0.25, -0.2) is 0 Å². The van der Waals surface area contributed by atoms with Crippen molar-refractivity contribution in [2.75, 3.05) is 43.1 Å². The number of hydrogen-bond donors (Lipinski definition) is 2. The van der Waals surface area contributed by atoms with Crippen molar-refractivity contribution in [2.45, 2.75) is 37.8 Å². The maximum Gasteiger partial charge on any atom is 0.231 e. The third kappa shape index (κ3) is 2.77. The summed E-state index contributed by atoms with van der Waals surface area (Å²) in [6, 6.07) is 1.17. The van der Waals surface area contributed by atoms with Crippen molar-refractivity contribution in [3.05, 3.63) is 0 Å². The van der Waals surface area contributed by atoms with Crippen LogP contribution in [0.2, 0.25) is 0 Å². The summed E-state index contributed by atoms with van der Waals surface area (Å²) in [4.78, 5) is 17.2. The van der Waals surface area contributed by atoms with Crippen LogP contribution in [0.15, 0.2) is 0 Å². The van der Waals surface area contributed by atoms with Crippen LogP contribution in [0.1, 0.15) is 25.7 Å². The zero-order valence-corrected chi connectivity index (χ0v) is 12.2. The molecule has 0 spiro atoms. The predicted octanol–water partition coefficient (Wildman–Crippen LogP) is 0.559. The quantitative estimate of drug-likeness (QED) is 0.835. The maximum absolute atomic E-state index is 5.75. The second kappa shape index (κ2) is 5.40. The molecule has 0 bridgehead atoms. The van der Waals surface area contributed by atoms with Gasteiger partial charge in [-0.3, -0.25) is 0 Å². The Morgan fingerprint density at radius 3 is 2.85 bits per heavy atom. The molecule has 2 unspecified atom stereocenters. The molecule has 0 amide bonds. The van der Waals surface area contributed by atoms with E-state index in [1.54, 1.807) is 0 Å². The van der Waals surface area contributed by atoms with Crippen molar-refractivity contribution in [2.24, 2.45) is 0 Å². The first-order chi connectivity index (χ1) is 9.61. The zero-order valence-electron chi connectivity index (χ0n) is 12.2. The first-order valence-corrected chi connectivity index (χ1v) is 7.31. The highest BCUT2D eigenvalue weighted by atomic mass is 15.3. The van der Waals surface area contributed by atoms with E-state index in [1.165, 1.54) is 32.4 Å². The molecule has 2 atom stereocenters. The van der Waals surface area contributed by atoms with Gasteiger partial charge in [-0.05, 0) is 32.2 Å². The molecular weight excluding hydrogens is 254 g/mol. The smallest absolute Gasteiger partial charge is 0.231 e. The average molecular weight is 277 g/mol. The topological polar surface area (TPSA) is 83.2 Å². The summed E-state index contributed by atoms with van der Waals surface area (Å²) < 4.78 is 0. The number of anilines is 3. The molecule has 110 valence electrons. The van der Waals surface area contributed by atoms with Crippen LogP contribution in [0.5, 0.6) is 0 Å². The van der Waals surface area contributed by atoms with Crippen LogP contribution in [-0.2, 0) is 0 Å². The summed E-state index contributed by atoms with van der Waals surface area (Å²) in [5, 5.41) is 3.43. The highest BCUT2D eigenvalue weighted by Gasteiger charge is 2.31. The van der Waals surface area contributed by atoms with Gasteiger partial charge in [0.1, 0.15) is 0 Å². The SMILES string of the molecule is CN(C)c1nc(N)nc(NC2CCN3CCCC3C2)n1. The maximum atomic E-state index is 5.75. The van der Waals surface area contributed by atoms with Gasteiger partial charge >= 0.3 is 0 Å². The van der Waals surface area contributed by atoms with E-state index in [0.29, 0.717) is 17.9 Å². The number of nitrogen functional groups attached to an aromatic ring is 1. The van der Waals surface area contributed by atoms with Crippen molar-refractivity contribution < 1.29 is 0 Å². The Balaban J connectivity index is 1.68. The fourth-order valence-corrected chi connectivity index (χ4v) is 3.18. The van der Waals surface area contributed by atoms with Gasteiger partial charge in [0, 0.05) is 32.7 Å². The van der Waals surface area contributed by atoms with Gasteiger partial charge in [0.25, 0.3) is 0 Å². The van der Waals surface area contributed by atoms with E-state index in [2.05, 4.69) is 25.2 Å². The summed E-state index contributed by atoms with van der Waals surface area (Å²) in [6.45, 7) is 2.43. The van der Waals surface area contributed by atoms with Crippen LogP contribution in [0.4, 0.5) is 17.8 Å². The standard InChI is InChI=1S/C13H23N7/c1-19(2)13-17-11(14)16-12(18-13)15-9-5-7-20-6-3-4-10(20)8-9/h9-10H,3-8H2,1-2H3,(H3,14,15,16,17,18). The second-order valence-corrected chi connectivity index (χ2v) is 5.91. The number of rotatable bonds is 3. The largest absolute Gasteiger partial charge is 0.368 e. The monoisotopic (exact) mass is 277 g/mol. The van der Waals surface area contributed by atoms with Crippen LogP contribution >= 0.6 is 0 Å². The lowest BCUT2D eigenvalue weighted by Gasteiger charge is -2.35. The molecule has 0 aliphatic carbocycles. The molecule has 2 aliphatic heterocycles. The number of nitrogens with one attached hydrogen (secondary N) is 1. The molecule has 0 aromatic carbocycles. The molecule has 1 aromatic heterocycles. The minimum Gasteiger partial charge on any atom is -0.368 e. The van der Waals surface area contributed by atoms with Gasteiger partial charge in [0.15, 0.2) is 0 Å². The fourth-order valence-electron chi connectivity index (χ4n) is 3.18. The van der Waals surface area contributed by atoms with Gasteiger partial charge in [0.2, 0.25) is 17.8 Å². The summed E-state index contributed by atoms with van der Waals surface area (Å²) in [6.07, 6.45) is 4.96. The third-order valence-electron chi connectivity index (χ3n) is 4.19. The minimum atomic E-state index is 0.268. The number of aromatic nitrogens is 3. The van der Waals surface area contributed by atoms with Crippen LogP contribution < -0.4 is 16.0 Å². The molecule has 0 saturated carbocycles. The minimum absolute atomic E-state index is 0.268. The molecule has 2 aliphatic rings. The summed E-state index contributed by atoms with van der Waals surface area (Å²) in [7, 11) is 3.80. The molecule has 7 heteroatoms. The second-order valence-electron chi connectivity index (χ2n) is 5.91. The Morgan fingerprint density at radius 2 is 2.05 bits per heavy atom. The summed E-state index contributed by atoms with van der Waals surface area (Å²) in [5.74, 6) is 1.46. The van der Waals surface area contributed by atoms with Crippen LogP contribution in [0.25, 0.3) is 0 Å². The van der Waals surface area contributed by atoms with E-state index in [4.69, 9.17) is 5.73 Å². The third-order valence-corrected chi connectivity index (χ3v) is 4.19. The average Bonchev–Trinajstić information content (AvgIpc) is 2.85.